The summed E-state index contributed by atoms with van der Waals surface area (Å²) < 4.78 is 5.40. The van der Waals surface area contributed by atoms with E-state index in [1.54, 1.807) is 0 Å². The molecule has 1 aliphatic heterocycles. The van der Waals surface area contributed by atoms with Crippen molar-refractivity contribution in [2.24, 2.45) is 11.1 Å². The lowest BCUT2D eigenvalue weighted by atomic mass is 9.91. The Balaban J connectivity index is 0.000000623. The van der Waals surface area contributed by atoms with Gasteiger partial charge in [0.25, 0.3) is 6.47 Å². The van der Waals surface area contributed by atoms with Crippen LogP contribution in [0.1, 0.15) is 79.5 Å². The quantitative estimate of drug-likeness (QED) is 0.198. The van der Waals surface area contributed by atoms with Crippen LogP contribution in [-0.2, 0) is 9.53 Å². The number of aromatic nitrogens is 2. The molecule has 7 nitrogen and oxygen atoms in total. The van der Waals surface area contributed by atoms with Crippen LogP contribution >= 0.6 is 27.9 Å². The molecular formula is C27H44BrN5O2S. The first kappa shape index (κ1) is 32.3. The number of halogens is 1. The van der Waals surface area contributed by atoms with Crippen molar-refractivity contribution in [2.75, 3.05) is 18.9 Å². The molecule has 3 N–H and O–H groups in total. The molecule has 36 heavy (non-hydrogen) atoms. The molecule has 0 aliphatic carbocycles. The fraction of sp³-hybridized carbons (Fsp3) is 0.593. The molecule has 9 heteroatoms. The Bertz CT molecular complexity index is 923. The zero-order valence-electron chi connectivity index (χ0n) is 23.0. The van der Waals surface area contributed by atoms with Crippen molar-refractivity contribution < 1.29 is 9.53 Å². The van der Waals surface area contributed by atoms with E-state index in [0.29, 0.717) is 12.4 Å². The lowest BCUT2D eigenvalue weighted by Crippen LogP contribution is -2.34. The maximum Gasteiger partial charge on any atom is 0.293 e. The summed E-state index contributed by atoms with van der Waals surface area (Å²) in [5.74, 6) is 1.54. The largest absolute Gasteiger partial charge is 0.462 e. The van der Waals surface area contributed by atoms with Gasteiger partial charge in [-0.05, 0) is 119 Å². The summed E-state index contributed by atoms with van der Waals surface area (Å²) in [5.41, 5.74) is 1.00. The van der Waals surface area contributed by atoms with Crippen LogP contribution < -0.4 is 10.5 Å². The number of ether oxygens (including phenoxy) is 1. The van der Waals surface area contributed by atoms with Gasteiger partial charge in [-0.15, -0.1) is 0 Å². The Labute approximate surface area is 230 Å². The number of nitrogens with two attached hydrogens (primary N) is 1. The average Bonchev–Trinajstić information content (AvgIpc) is 3.09. The molecule has 0 spiro atoms. The van der Waals surface area contributed by atoms with Gasteiger partial charge in [-0.2, -0.15) is 0 Å². The van der Waals surface area contributed by atoms with Crippen molar-refractivity contribution in [3.63, 3.8) is 0 Å². The molecule has 202 valence electrons. The number of nitrogens with one attached hydrogen (secondary N) is 1. The normalized spacial score (nSPS) is 17.7. The van der Waals surface area contributed by atoms with Gasteiger partial charge in [0.15, 0.2) is 0 Å². The van der Waals surface area contributed by atoms with Crippen molar-refractivity contribution in [3.8, 4) is 0 Å². The van der Waals surface area contributed by atoms with Crippen LogP contribution in [0.15, 0.2) is 46.0 Å². The minimum absolute atomic E-state index is 0.113. The third-order valence-corrected chi connectivity index (χ3v) is 6.79. The van der Waals surface area contributed by atoms with Gasteiger partial charge in [0.1, 0.15) is 21.0 Å². The average molecular weight is 583 g/mol. The van der Waals surface area contributed by atoms with E-state index in [-0.39, 0.29) is 17.2 Å². The highest BCUT2D eigenvalue weighted by Gasteiger charge is 2.35. The Hall–Kier alpha value is -1.68. The Morgan fingerprint density at radius 2 is 1.92 bits per heavy atom. The second kappa shape index (κ2) is 15.5. The number of nitrogens with zero attached hydrogens (tertiary/aromatic N) is 3. The van der Waals surface area contributed by atoms with Crippen molar-refractivity contribution >= 4 is 40.2 Å². The van der Waals surface area contributed by atoms with E-state index in [0.717, 1.165) is 52.5 Å². The summed E-state index contributed by atoms with van der Waals surface area (Å²) >= 11 is 4.66. The summed E-state index contributed by atoms with van der Waals surface area (Å²) in [5, 5.41) is 10.0. The molecule has 1 saturated heterocycles. The van der Waals surface area contributed by atoms with Gasteiger partial charge in [0.05, 0.1) is 11.7 Å². The first-order valence-electron chi connectivity index (χ1n) is 12.5. The number of rotatable bonds is 8. The Kier molecular flexibility index (Phi) is 14.0. The molecule has 1 aliphatic rings. The molecule has 2 aromatic heterocycles. The minimum atomic E-state index is -0.318. The molecule has 3 heterocycles. The highest BCUT2D eigenvalue weighted by molar-refractivity contribution is 9.10. The van der Waals surface area contributed by atoms with Crippen LogP contribution in [-0.4, -0.2) is 46.1 Å². The molecule has 0 radical (unpaired) electrons. The zero-order chi connectivity index (χ0) is 27.4. The van der Waals surface area contributed by atoms with E-state index in [4.69, 9.17) is 5.14 Å². The summed E-state index contributed by atoms with van der Waals surface area (Å²) in [6, 6.07) is 12.1. The van der Waals surface area contributed by atoms with E-state index in [9.17, 15) is 4.79 Å². The first-order valence-corrected chi connectivity index (χ1v) is 14.2. The maximum absolute atomic E-state index is 9.60. The fourth-order valence-corrected chi connectivity index (χ4v) is 4.62. The van der Waals surface area contributed by atoms with Gasteiger partial charge in [-0.25, -0.2) is 9.97 Å². The zero-order valence-corrected chi connectivity index (χ0v) is 25.4. The van der Waals surface area contributed by atoms with Crippen LogP contribution in [0.5, 0.6) is 0 Å². The van der Waals surface area contributed by atoms with Crippen LogP contribution in [0.2, 0.25) is 0 Å². The molecule has 0 amide bonds. The van der Waals surface area contributed by atoms with Gasteiger partial charge in [-0.1, -0.05) is 26.0 Å². The number of hydrogen-bond donors (Lipinski definition) is 2. The van der Waals surface area contributed by atoms with Gasteiger partial charge in [0.2, 0.25) is 0 Å². The standard InChI is InChI=1S/C20H28BrN5S.C5H10O2.C2H6/c1-20(2)12-14(13-26(20)3)10-11-16(15-6-4-7-17(21)23-15)24-18-8-5-9-19(25-18)27-22;1-5(2,3)7-4-6;1-2/h4-9,14,16H,10-13,22H2,1-3H3,(H,24,25);4H,1-3H3;1-2H3. The van der Waals surface area contributed by atoms with Crippen molar-refractivity contribution in [3.05, 3.63) is 46.7 Å². The molecule has 2 atom stereocenters. The van der Waals surface area contributed by atoms with E-state index in [2.05, 4.69) is 67.8 Å². The van der Waals surface area contributed by atoms with Crippen LogP contribution in [0, 0.1) is 5.92 Å². The lowest BCUT2D eigenvalue weighted by Gasteiger charge is -2.26. The van der Waals surface area contributed by atoms with E-state index >= 15 is 0 Å². The molecule has 0 aromatic carbocycles. The predicted molar refractivity (Wildman–Crippen MR) is 155 cm³/mol. The third kappa shape index (κ3) is 11.6. The van der Waals surface area contributed by atoms with Crippen molar-refractivity contribution in [2.45, 2.75) is 89.9 Å². The number of carbonyl (C=O) groups excluding carboxylic acids is 1. The van der Waals surface area contributed by atoms with E-state index < -0.39 is 0 Å². The second-order valence-corrected chi connectivity index (χ2v) is 11.7. The summed E-state index contributed by atoms with van der Waals surface area (Å²) in [6.07, 6.45) is 3.41. The third-order valence-electron chi connectivity index (χ3n) is 5.88. The van der Waals surface area contributed by atoms with Gasteiger partial charge in [0, 0.05) is 12.1 Å². The van der Waals surface area contributed by atoms with Gasteiger partial charge < -0.3 is 15.0 Å². The van der Waals surface area contributed by atoms with E-state index in [1.165, 1.54) is 6.42 Å². The monoisotopic (exact) mass is 581 g/mol. The first-order chi connectivity index (χ1) is 16.9. The summed E-state index contributed by atoms with van der Waals surface area (Å²) in [4.78, 5) is 21.3. The lowest BCUT2D eigenvalue weighted by molar-refractivity contribution is -0.138. The number of carbonyl (C=O) groups is 1. The van der Waals surface area contributed by atoms with Crippen LogP contribution in [0.4, 0.5) is 5.82 Å². The summed E-state index contributed by atoms with van der Waals surface area (Å²) in [7, 11) is 2.23. The smallest absolute Gasteiger partial charge is 0.293 e. The molecular weight excluding hydrogens is 538 g/mol. The van der Waals surface area contributed by atoms with Crippen LogP contribution in [0.3, 0.4) is 0 Å². The maximum atomic E-state index is 9.60. The number of hydrogen-bond acceptors (Lipinski definition) is 8. The molecule has 1 fully saturated rings. The topological polar surface area (TPSA) is 93.4 Å². The number of anilines is 1. The van der Waals surface area contributed by atoms with E-state index in [1.807, 2.05) is 65.0 Å². The fourth-order valence-electron chi connectivity index (χ4n) is 3.95. The highest BCUT2D eigenvalue weighted by Crippen LogP contribution is 2.35. The SMILES string of the molecule is CC.CC(C)(C)OC=O.CN1CC(CCC(Nc2cccc(SN)n2)c2cccc(Br)n2)CC1(C)C. The Morgan fingerprint density at radius 3 is 2.42 bits per heavy atom. The Morgan fingerprint density at radius 1 is 1.25 bits per heavy atom. The molecule has 2 aromatic rings. The second-order valence-electron chi connectivity index (χ2n) is 10.2. The van der Waals surface area contributed by atoms with Crippen LogP contribution in [0.25, 0.3) is 0 Å². The molecule has 3 rings (SSSR count). The number of likely N-dealkylation sites (tertiary alicyclic amines) is 1. The molecule has 2 unspecified atom stereocenters. The molecule has 0 bridgehead atoms. The van der Waals surface area contributed by atoms with Crippen molar-refractivity contribution in [1.29, 1.82) is 0 Å². The van der Waals surface area contributed by atoms with Gasteiger partial charge >= 0.3 is 0 Å². The van der Waals surface area contributed by atoms with Crippen molar-refractivity contribution in [1.82, 2.24) is 14.9 Å². The minimum Gasteiger partial charge on any atom is -0.462 e. The highest BCUT2D eigenvalue weighted by atomic mass is 79.9. The predicted octanol–water partition coefficient (Wildman–Crippen LogP) is 6.85. The van der Waals surface area contributed by atoms with Gasteiger partial charge in [-0.3, -0.25) is 9.93 Å². The molecule has 0 saturated carbocycles. The number of pyridine rings is 2. The summed E-state index contributed by atoms with van der Waals surface area (Å²) in [6.45, 7) is 15.7.